The molecule has 1 N–H and O–H groups in total. The molecule has 146 valence electrons. The number of rotatable bonds is 6. The van der Waals surface area contributed by atoms with Gasteiger partial charge >= 0.3 is 12.1 Å². The highest BCUT2D eigenvalue weighted by Gasteiger charge is 2.39. The largest absolute Gasteiger partial charge is 0.464 e. The third kappa shape index (κ3) is 4.39. The molecule has 28 heavy (non-hydrogen) atoms. The average molecular weight is 383 g/mol. The van der Waals surface area contributed by atoms with E-state index in [9.17, 15) is 14.0 Å². The lowest BCUT2D eigenvalue weighted by molar-refractivity contribution is -0.145. The van der Waals surface area contributed by atoms with Gasteiger partial charge in [0.25, 0.3) is 0 Å². The van der Waals surface area contributed by atoms with Gasteiger partial charge in [-0.05, 0) is 42.2 Å². The highest BCUT2D eigenvalue weighted by Crippen LogP contribution is 2.39. The van der Waals surface area contributed by atoms with Crippen molar-refractivity contribution in [3.05, 3.63) is 83.2 Å². The van der Waals surface area contributed by atoms with Gasteiger partial charge in [0.1, 0.15) is 18.5 Å². The molecule has 0 saturated heterocycles. The molecule has 0 heterocycles. The van der Waals surface area contributed by atoms with Crippen LogP contribution in [0.5, 0.6) is 0 Å². The number of hydrogen-bond donors (Lipinski definition) is 1. The van der Waals surface area contributed by atoms with E-state index >= 15 is 0 Å². The maximum atomic E-state index is 13.8. The normalized spacial score (nSPS) is 16.2. The van der Waals surface area contributed by atoms with Crippen molar-refractivity contribution in [1.82, 2.24) is 5.32 Å². The van der Waals surface area contributed by atoms with Crippen molar-refractivity contribution in [2.75, 3.05) is 6.61 Å². The van der Waals surface area contributed by atoms with E-state index in [1.807, 2.05) is 30.3 Å². The minimum atomic E-state index is -1.04. The first-order valence-corrected chi connectivity index (χ1v) is 9.09. The predicted molar refractivity (Wildman–Crippen MR) is 102 cm³/mol. The summed E-state index contributed by atoms with van der Waals surface area (Å²) in [6.45, 7) is 5.93. The van der Waals surface area contributed by atoms with Crippen molar-refractivity contribution in [3.8, 4) is 0 Å². The van der Waals surface area contributed by atoms with Crippen LogP contribution in [-0.4, -0.2) is 24.7 Å². The number of halogens is 1. The lowest BCUT2D eigenvalue weighted by atomic mass is 9.90. The first kappa shape index (κ1) is 19.6. The Hall–Kier alpha value is -3.15. The number of esters is 1. The molecule has 1 amide bonds. The number of carbonyl (C=O) groups is 2. The van der Waals surface area contributed by atoms with Gasteiger partial charge < -0.3 is 14.8 Å². The minimum Gasteiger partial charge on any atom is -0.464 e. The number of nitrogens with one attached hydrogen (secondary N) is 1. The van der Waals surface area contributed by atoms with Gasteiger partial charge in [-0.3, -0.25) is 0 Å². The highest BCUT2D eigenvalue weighted by molar-refractivity contribution is 5.83. The van der Waals surface area contributed by atoms with Crippen LogP contribution in [0, 0.1) is 5.82 Å². The van der Waals surface area contributed by atoms with Crippen LogP contribution in [0.25, 0.3) is 0 Å². The van der Waals surface area contributed by atoms with Crippen LogP contribution in [0.15, 0.2) is 60.7 Å². The van der Waals surface area contributed by atoms with E-state index in [1.54, 1.807) is 13.0 Å². The molecule has 0 aliphatic heterocycles. The summed E-state index contributed by atoms with van der Waals surface area (Å²) in [4.78, 5) is 24.9. The van der Waals surface area contributed by atoms with Crippen LogP contribution < -0.4 is 5.32 Å². The highest BCUT2D eigenvalue weighted by atomic mass is 19.1. The topological polar surface area (TPSA) is 64.6 Å². The van der Waals surface area contributed by atoms with Gasteiger partial charge in [-0.1, -0.05) is 48.6 Å². The van der Waals surface area contributed by atoms with Crippen LogP contribution >= 0.6 is 0 Å². The van der Waals surface area contributed by atoms with E-state index in [-0.39, 0.29) is 13.2 Å². The molecule has 0 aromatic heterocycles. The zero-order valence-corrected chi connectivity index (χ0v) is 15.6. The van der Waals surface area contributed by atoms with E-state index in [0.29, 0.717) is 17.6 Å². The number of ether oxygens (including phenoxy) is 2. The first-order valence-electron chi connectivity index (χ1n) is 9.09. The summed E-state index contributed by atoms with van der Waals surface area (Å²) < 4.78 is 24.1. The van der Waals surface area contributed by atoms with Gasteiger partial charge in [0.15, 0.2) is 0 Å². The quantitative estimate of drug-likeness (QED) is 0.607. The van der Waals surface area contributed by atoms with Crippen LogP contribution in [0.3, 0.4) is 0 Å². The molecule has 5 nitrogen and oxygen atoms in total. The van der Waals surface area contributed by atoms with Crippen molar-refractivity contribution in [2.45, 2.75) is 31.9 Å². The van der Waals surface area contributed by atoms with Gasteiger partial charge in [0.2, 0.25) is 0 Å². The number of fused-ring (bicyclic) bond motifs is 1. The number of amides is 1. The zero-order valence-electron chi connectivity index (χ0n) is 15.6. The summed E-state index contributed by atoms with van der Waals surface area (Å²) >= 11 is 0. The average Bonchev–Trinajstić information content (AvgIpc) is 3.00. The van der Waals surface area contributed by atoms with Crippen LogP contribution in [0.1, 0.15) is 29.5 Å². The Bertz CT molecular complexity index is 881. The molecule has 0 saturated carbocycles. The van der Waals surface area contributed by atoms with Crippen molar-refractivity contribution in [2.24, 2.45) is 0 Å². The molecule has 6 heteroatoms. The van der Waals surface area contributed by atoms with E-state index in [0.717, 1.165) is 11.1 Å². The summed E-state index contributed by atoms with van der Waals surface area (Å²) in [6.07, 6.45) is -0.240. The van der Waals surface area contributed by atoms with Crippen molar-refractivity contribution in [3.63, 3.8) is 0 Å². The molecular weight excluding hydrogens is 361 g/mol. The maximum Gasteiger partial charge on any atom is 0.408 e. The minimum absolute atomic E-state index is 0.0685. The Morgan fingerprint density at radius 3 is 2.68 bits per heavy atom. The molecule has 0 bridgehead atoms. The lowest BCUT2D eigenvalue weighted by Crippen LogP contribution is -2.46. The second kappa shape index (κ2) is 8.69. The summed E-state index contributed by atoms with van der Waals surface area (Å²) in [5.74, 6) is -1.59. The Labute approximate surface area is 163 Å². The fourth-order valence-corrected chi connectivity index (χ4v) is 3.41. The van der Waals surface area contributed by atoms with E-state index in [4.69, 9.17) is 9.47 Å². The SMILES string of the molecule is C=C1Cc2ccc(F)cc2C1C(NC(=O)OCc1ccccc1)C(=O)OCC. The Balaban J connectivity index is 1.78. The second-order valence-corrected chi connectivity index (χ2v) is 6.59. The molecular formula is C22H22FNO4. The zero-order chi connectivity index (χ0) is 20.1. The Morgan fingerprint density at radius 1 is 1.21 bits per heavy atom. The summed E-state index contributed by atoms with van der Waals surface area (Å²) in [5.41, 5.74) is 3.04. The van der Waals surface area contributed by atoms with Crippen LogP contribution in [-0.2, 0) is 27.3 Å². The maximum absolute atomic E-state index is 13.8. The van der Waals surface area contributed by atoms with Crippen LogP contribution in [0.4, 0.5) is 9.18 Å². The first-order chi connectivity index (χ1) is 13.5. The van der Waals surface area contributed by atoms with E-state index in [2.05, 4.69) is 11.9 Å². The standard InChI is InChI=1S/C22H22FNO4/c1-3-27-21(25)20(24-22(26)28-13-15-7-5-4-6-8-15)19-14(2)11-16-9-10-17(23)12-18(16)19/h4-10,12,19-20H,2-3,11,13H2,1H3,(H,24,26). The molecule has 0 spiro atoms. The Morgan fingerprint density at radius 2 is 1.96 bits per heavy atom. The van der Waals surface area contributed by atoms with Gasteiger partial charge in [-0.25, -0.2) is 14.0 Å². The van der Waals surface area contributed by atoms with Crippen LogP contribution in [0.2, 0.25) is 0 Å². The van der Waals surface area contributed by atoms with E-state index < -0.39 is 29.8 Å². The molecule has 0 radical (unpaired) electrons. The summed E-state index contributed by atoms with van der Waals surface area (Å²) in [6, 6.07) is 12.6. The van der Waals surface area contributed by atoms with Gasteiger partial charge in [0, 0.05) is 5.92 Å². The van der Waals surface area contributed by atoms with Gasteiger partial charge in [0.05, 0.1) is 6.61 Å². The molecule has 2 unspecified atom stereocenters. The second-order valence-electron chi connectivity index (χ2n) is 6.59. The molecule has 1 aliphatic rings. The monoisotopic (exact) mass is 383 g/mol. The number of carbonyl (C=O) groups excluding carboxylic acids is 2. The molecule has 3 rings (SSSR count). The lowest BCUT2D eigenvalue weighted by Gasteiger charge is -2.24. The summed E-state index contributed by atoms with van der Waals surface area (Å²) in [5, 5.41) is 2.59. The molecule has 2 aromatic rings. The molecule has 0 fully saturated rings. The van der Waals surface area contributed by atoms with Crippen molar-refractivity contribution >= 4 is 12.1 Å². The third-order valence-electron chi connectivity index (χ3n) is 4.66. The van der Waals surface area contributed by atoms with Crippen molar-refractivity contribution < 1.29 is 23.5 Å². The van der Waals surface area contributed by atoms with E-state index in [1.165, 1.54) is 12.1 Å². The third-order valence-corrected chi connectivity index (χ3v) is 4.66. The van der Waals surface area contributed by atoms with Gasteiger partial charge in [-0.2, -0.15) is 0 Å². The summed E-state index contributed by atoms with van der Waals surface area (Å²) in [7, 11) is 0. The fourth-order valence-electron chi connectivity index (χ4n) is 3.41. The predicted octanol–water partition coefficient (Wildman–Crippen LogP) is 3.88. The van der Waals surface area contributed by atoms with Gasteiger partial charge in [-0.15, -0.1) is 0 Å². The van der Waals surface area contributed by atoms with Crippen molar-refractivity contribution in [1.29, 1.82) is 0 Å². The number of alkyl carbamates (subject to hydrolysis) is 1. The molecule has 2 aromatic carbocycles. The fraction of sp³-hybridized carbons (Fsp3) is 0.273. The molecule has 2 atom stereocenters. The molecule has 1 aliphatic carbocycles. The Kier molecular flexibility index (Phi) is 6.09. The number of benzene rings is 2. The smallest absolute Gasteiger partial charge is 0.408 e. The number of hydrogen-bond acceptors (Lipinski definition) is 4.